The zero-order valence-electron chi connectivity index (χ0n) is 20.5. The van der Waals surface area contributed by atoms with Crippen molar-refractivity contribution in [2.24, 2.45) is 28.6 Å². The molecule has 4 aliphatic carbocycles. The van der Waals surface area contributed by atoms with E-state index in [2.05, 4.69) is 12.2 Å². The number of Topliss-reactive ketones (excluding diaryl/α,β-unsaturated/α-hetero) is 1. The Morgan fingerprint density at radius 2 is 1.82 bits per heavy atom. The highest BCUT2D eigenvalue weighted by Gasteiger charge is 2.79. The molecule has 8 atom stereocenters. The molecule has 0 bridgehead atoms. The molecule has 182 valence electrons. The van der Waals surface area contributed by atoms with Crippen LogP contribution in [0.5, 0.6) is 0 Å². The van der Waals surface area contributed by atoms with Gasteiger partial charge in [0.05, 0.1) is 11.0 Å². The van der Waals surface area contributed by atoms with Gasteiger partial charge in [0.15, 0.2) is 5.60 Å². The second-order valence-corrected chi connectivity index (χ2v) is 11.9. The number of carbonyl (C=O) groups is 3. The molecule has 0 aromatic carbocycles. The topological polar surface area (TPSA) is 89.9 Å². The molecule has 6 rings (SSSR count). The Morgan fingerprint density at radius 3 is 2.56 bits per heavy atom. The molecule has 0 amide bonds. The van der Waals surface area contributed by atoms with Crippen LogP contribution in [-0.2, 0) is 23.9 Å². The third-order valence-corrected chi connectivity index (χ3v) is 10.9. The normalized spacial score (nSPS) is 49.6. The molecule has 0 unspecified atom stereocenters. The molecule has 1 N–H and O–H groups in total. The van der Waals surface area contributed by atoms with Crippen LogP contribution in [0.25, 0.3) is 0 Å². The molecule has 0 aromatic heterocycles. The molecular formula is C28H34O6. The molecule has 2 heterocycles. The third kappa shape index (κ3) is 2.34. The molecule has 6 aliphatic rings. The van der Waals surface area contributed by atoms with Crippen molar-refractivity contribution in [3.05, 3.63) is 34.9 Å². The second-order valence-electron chi connectivity index (χ2n) is 11.9. The van der Waals surface area contributed by atoms with Crippen LogP contribution in [-0.4, -0.2) is 40.1 Å². The van der Waals surface area contributed by atoms with Crippen molar-refractivity contribution in [1.29, 1.82) is 0 Å². The average Bonchev–Trinajstić information content (AvgIpc) is 3.23. The highest BCUT2D eigenvalue weighted by Crippen LogP contribution is 2.72. The van der Waals surface area contributed by atoms with Crippen LogP contribution in [0.3, 0.4) is 0 Å². The van der Waals surface area contributed by atoms with E-state index in [9.17, 15) is 19.5 Å². The molecule has 34 heavy (non-hydrogen) atoms. The molecule has 1 saturated heterocycles. The molecule has 6 heteroatoms. The number of hydrogen-bond donors (Lipinski definition) is 1. The summed E-state index contributed by atoms with van der Waals surface area (Å²) in [7, 11) is 0. The lowest BCUT2D eigenvalue weighted by molar-refractivity contribution is -0.193. The van der Waals surface area contributed by atoms with Gasteiger partial charge in [-0.15, -0.1) is 0 Å². The molecular weight excluding hydrogens is 432 g/mol. The maximum absolute atomic E-state index is 13.8. The Bertz CT molecular complexity index is 1110. The van der Waals surface area contributed by atoms with E-state index in [1.807, 2.05) is 26.8 Å². The van der Waals surface area contributed by atoms with Gasteiger partial charge in [-0.3, -0.25) is 9.59 Å². The number of aliphatic hydroxyl groups is 1. The number of ketones is 1. The summed E-state index contributed by atoms with van der Waals surface area (Å²) in [6, 6.07) is 0. The maximum atomic E-state index is 13.8. The van der Waals surface area contributed by atoms with Crippen molar-refractivity contribution in [1.82, 2.24) is 0 Å². The number of hydrogen-bond acceptors (Lipinski definition) is 6. The number of fused-ring (bicyclic) bond motifs is 4. The molecule has 0 radical (unpaired) electrons. The highest BCUT2D eigenvalue weighted by atomic mass is 16.6. The molecule has 1 spiro atoms. The summed E-state index contributed by atoms with van der Waals surface area (Å²) in [6.07, 6.45) is 9.50. The van der Waals surface area contributed by atoms with Crippen LogP contribution in [0.15, 0.2) is 34.9 Å². The average molecular weight is 467 g/mol. The van der Waals surface area contributed by atoms with Gasteiger partial charge in [0, 0.05) is 24.3 Å². The Hall–Kier alpha value is -2.21. The van der Waals surface area contributed by atoms with Crippen molar-refractivity contribution in [2.45, 2.75) is 89.9 Å². The fourth-order valence-electron chi connectivity index (χ4n) is 8.84. The van der Waals surface area contributed by atoms with Crippen molar-refractivity contribution in [3.8, 4) is 0 Å². The number of esters is 2. The second kappa shape index (κ2) is 6.71. The summed E-state index contributed by atoms with van der Waals surface area (Å²) in [4.78, 5) is 39.5. The summed E-state index contributed by atoms with van der Waals surface area (Å²) < 4.78 is 12.0. The fourth-order valence-corrected chi connectivity index (χ4v) is 8.84. The minimum Gasteiger partial charge on any atom is -0.455 e. The standard InChI is InChI=1S/C28H34O6/c1-15-14-22(33-23(30)16(15)2)26(4)20-11-13-28(32)19-9-8-17-6-5-7-21(29)25(17,3)18(19)10-12-27(20,28)24(31)34-26/h5-6,8,18-20,22,32H,7,9-14H2,1-4H3/t18-,19+,20+,22+,25-,26+,27+,28+/m0/s1. The van der Waals surface area contributed by atoms with Gasteiger partial charge in [-0.25, -0.2) is 4.79 Å². The van der Waals surface area contributed by atoms with Crippen LogP contribution in [0.4, 0.5) is 0 Å². The largest absolute Gasteiger partial charge is 0.455 e. The lowest BCUT2D eigenvalue weighted by Crippen LogP contribution is -2.64. The number of allylic oxidation sites excluding steroid dienone is 4. The molecule has 2 saturated carbocycles. The van der Waals surface area contributed by atoms with E-state index in [1.54, 1.807) is 6.92 Å². The molecule has 0 aromatic rings. The van der Waals surface area contributed by atoms with E-state index < -0.39 is 28.1 Å². The Balaban J connectivity index is 1.40. The fraction of sp³-hybridized carbons (Fsp3) is 0.679. The van der Waals surface area contributed by atoms with Gasteiger partial charge >= 0.3 is 11.9 Å². The van der Waals surface area contributed by atoms with Gasteiger partial charge in [0.25, 0.3) is 0 Å². The Morgan fingerprint density at radius 1 is 1.06 bits per heavy atom. The van der Waals surface area contributed by atoms with Gasteiger partial charge in [-0.05, 0) is 77.2 Å². The zero-order chi connectivity index (χ0) is 24.3. The van der Waals surface area contributed by atoms with E-state index in [4.69, 9.17) is 9.47 Å². The number of cyclic esters (lactones) is 2. The monoisotopic (exact) mass is 466 g/mol. The first-order chi connectivity index (χ1) is 16.0. The van der Waals surface area contributed by atoms with E-state index in [1.165, 1.54) is 0 Å². The van der Waals surface area contributed by atoms with Crippen LogP contribution in [0.2, 0.25) is 0 Å². The van der Waals surface area contributed by atoms with E-state index in [-0.39, 0.29) is 35.5 Å². The van der Waals surface area contributed by atoms with Crippen LogP contribution in [0.1, 0.15) is 72.6 Å². The number of ether oxygens (including phenoxy) is 2. The first-order valence-electron chi connectivity index (χ1n) is 12.7. The minimum atomic E-state index is -1.23. The van der Waals surface area contributed by atoms with Crippen LogP contribution >= 0.6 is 0 Å². The predicted octanol–water partition coefficient (Wildman–Crippen LogP) is 3.97. The maximum Gasteiger partial charge on any atom is 0.334 e. The van der Waals surface area contributed by atoms with Crippen molar-refractivity contribution in [3.63, 3.8) is 0 Å². The van der Waals surface area contributed by atoms with Crippen molar-refractivity contribution < 1.29 is 29.0 Å². The third-order valence-electron chi connectivity index (χ3n) is 10.9. The molecule has 2 aliphatic heterocycles. The van der Waals surface area contributed by atoms with Crippen LogP contribution < -0.4 is 0 Å². The Kier molecular flexibility index (Phi) is 4.40. The van der Waals surface area contributed by atoms with Gasteiger partial charge in [0.1, 0.15) is 17.3 Å². The van der Waals surface area contributed by atoms with Gasteiger partial charge in [-0.2, -0.15) is 0 Å². The van der Waals surface area contributed by atoms with E-state index >= 15 is 0 Å². The number of rotatable bonds is 1. The Labute approximate surface area is 200 Å². The summed E-state index contributed by atoms with van der Waals surface area (Å²) in [5.41, 5.74) is -1.21. The quantitative estimate of drug-likeness (QED) is 0.588. The first-order valence-corrected chi connectivity index (χ1v) is 12.7. The lowest BCUT2D eigenvalue weighted by atomic mass is 9.45. The summed E-state index contributed by atoms with van der Waals surface area (Å²) in [6.45, 7) is 7.62. The van der Waals surface area contributed by atoms with Gasteiger partial charge in [-0.1, -0.05) is 23.8 Å². The molecule has 3 fully saturated rings. The lowest BCUT2D eigenvalue weighted by Gasteiger charge is -2.58. The van der Waals surface area contributed by atoms with Gasteiger partial charge in [0.2, 0.25) is 0 Å². The summed E-state index contributed by atoms with van der Waals surface area (Å²) in [5.74, 6) is -0.917. The smallest absolute Gasteiger partial charge is 0.334 e. The van der Waals surface area contributed by atoms with Crippen molar-refractivity contribution in [2.75, 3.05) is 0 Å². The first kappa shape index (κ1) is 22.3. The summed E-state index contributed by atoms with van der Waals surface area (Å²) >= 11 is 0. The van der Waals surface area contributed by atoms with Gasteiger partial charge < -0.3 is 14.6 Å². The SMILES string of the molecule is CC1=C(C)C(=O)O[C@@H]([C@]2(C)OC(=O)[C@]34CC[C@H]5[C@@H](CC=C6C=CCC(=O)[C@@]65C)[C@]3(O)CC[C@H]24)C1. The minimum absolute atomic E-state index is 0.000633. The number of carbonyl (C=O) groups excluding carboxylic acids is 3. The zero-order valence-corrected chi connectivity index (χ0v) is 20.5. The van der Waals surface area contributed by atoms with Crippen molar-refractivity contribution >= 4 is 17.7 Å². The van der Waals surface area contributed by atoms with E-state index in [0.717, 1.165) is 11.1 Å². The van der Waals surface area contributed by atoms with E-state index in [0.29, 0.717) is 50.5 Å². The van der Waals surface area contributed by atoms with Crippen LogP contribution in [0, 0.1) is 28.6 Å². The highest BCUT2D eigenvalue weighted by molar-refractivity contribution is 5.92. The predicted molar refractivity (Wildman–Crippen MR) is 123 cm³/mol. The summed E-state index contributed by atoms with van der Waals surface area (Å²) in [5, 5.41) is 12.4. The molecule has 6 nitrogen and oxygen atoms in total.